The summed E-state index contributed by atoms with van der Waals surface area (Å²) < 4.78 is 4.73. The van der Waals surface area contributed by atoms with Crippen molar-refractivity contribution in [2.75, 3.05) is 12.4 Å². The van der Waals surface area contributed by atoms with Gasteiger partial charge in [-0.2, -0.15) is 0 Å². The summed E-state index contributed by atoms with van der Waals surface area (Å²) >= 11 is 1.31. The highest BCUT2D eigenvalue weighted by molar-refractivity contribution is 8.15. The minimum atomic E-state index is -0.533. The summed E-state index contributed by atoms with van der Waals surface area (Å²) in [5.41, 5.74) is 0.631. The number of hydrogen-bond donors (Lipinski definition) is 1. The molecule has 0 spiro atoms. The van der Waals surface area contributed by atoms with Gasteiger partial charge in [-0.05, 0) is 39.8 Å². The zero-order valence-corrected chi connectivity index (χ0v) is 17.0. The topological polar surface area (TPSA) is 88.1 Å². The van der Waals surface area contributed by atoms with E-state index in [1.165, 1.54) is 18.9 Å². The van der Waals surface area contributed by atoms with E-state index >= 15 is 0 Å². The fraction of sp³-hybridized carbons (Fsp3) is 0.474. The van der Waals surface area contributed by atoms with Crippen LogP contribution in [-0.4, -0.2) is 52.3 Å². The number of rotatable bonds is 6. The number of anilines is 1. The quantitative estimate of drug-likeness (QED) is 0.753. The maximum Gasteiger partial charge on any atom is 0.339 e. The number of aliphatic imine (C=N–C) groups is 1. The largest absolute Gasteiger partial charge is 0.465 e. The van der Waals surface area contributed by atoms with E-state index in [9.17, 15) is 14.4 Å². The molecule has 8 heteroatoms. The Kier molecular flexibility index (Phi) is 7.01. The molecule has 1 fully saturated rings. The average Bonchev–Trinajstić information content (AvgIpc) is 2.89. The highest BCUT2D eigenvalue weighted by Crippen LogP contribution is 2.32. The van der Waals surface area contributed by atoms with Crippen LogP contribution in [0.2, 0.25) is 0 Å². The molecule has 2 rings (SSSR count). The first-order valence-corrected chi connectivity index (χ1v) is 9.67. The van der Waals surface area contributed by atoms with E-state index in [0.717, 1.165) is 0 Å². The lowest BCUT2D eigenvalue weighted by molar-refractivity contribution is -0.129. The van der Waals surface area contributed by atoms with E-state index in [4.69, 9.17) is 4.74 Å². The monoisotopic (exact) mass is 391 g/mol. The molecule has 1 N–H and O–H groups in total. The second-order valence-electron chi connectivity index (χ2n) is 6.70. The normalized spacial score (nSPS) is 18.5. The number of nitrogens with one attached hydrogen (secondary N) is 1. The van der Waals surface area contributed by atoms with Crippen molar-refractivity contribution in [3.63, 3.8) is 0 Å². The molecule has 1 aliphatic heterocycles. The Hall–Kier alpha value is -2.35. The summed E-state index contributed by atoms with van der Waals surface area (Å²) in [4.78, 5) is 43.2. The number of methoxy groups -OCH3 is 1. The number of benzene rings is 1. The van der Waals surface area contributed by atoms with Crippen LogP contribution >= 0.6 is 11.8 Å². The van der Waals surface area contributed by atoms with Crippen molar-refractivity contribution in [1.82, 2.24) is 4.90 Å². The fourth-order valence-electron chi connectivity index (χ4n) is 2.65. The minimum absolute atomic E-state index is 0.000653. The van der Waals surface area contributed by atoms with Crippen LogP contribution in [0.3, 0.4) is 0 Å². The molecule has 7 nitrogen and oxygen atoms in total. The Bertz CT molecular complexity index is 761. The fourth-order valence-corrected chi connectivity index (χ4v) is 4.04. The van der Waals surface area contributed by atoms with Crippen molar-refractivity contribution >= 4 is 40.4 Å². The van der Waals surface area contributed by atoms with Gasteiger partial charge >= 0.3 is 5.97 Å². The summed E-state index contributed by atoms with van der Waals surface area (Å²) in [6.07, 6.45) is -0.000653. The van der Waals surface area contributed by atoms with E-state index in [0.29, 0.717) is 10.9 Å². The molecule has 146 valence electrons. The first-order valence-electron chi connectivity index (χ1n) is 8.79. The number of carbonyl (C=O) groups excluding carboxylic acids is 3. The van der Waals surface area contributed by atoms with E-state index in [2.05, 4.69) is 10.3 Å². The summed E-state index contributed by atoms with van der Waals surface area (Å²) in [5, 5.41) is 2.83. The molecule has 2 amide bonds. The van der Waals surface area contributed by atoms with Crippen molar-refractivity contribution < 1.29 is 19.1 Å². The van der Waals surface area contributed by atoms with Crippen molar-refractivity contribution in [2.45, 2.75) is 51.4 Å². The Balaban J connectivity index is 2.13. The number of para-hydroxylation sites is 1. The lowest BCUT2D eigenvalue weighted by atomic mass is 10.1. The third-order valence-electron chi connectivity index (χ3n) is 3.83. The van der Waals surface area contributed by atoms with Crippen molar-refractivity contribution in [3.8, 4) is 0 Å². The molecule has 1 atom stereocenters. The van der Waals surface area contributed by atoms with Crippen LogP contribution in [-0.2, 0) is 14.3 Å². The lowest BCUT2D eigenvalue weighted by Crippen LogP contribution is -2.38. The molecule has 0 aromatic heterocycles. The van der Waals surface area contributed by atoms with E-state index in [-0.39, 0.29) is 35.9 Å². The summed E-state index contributed by atoms with van der Waals surface area (Å²) in [5.74, 6) is -0.993. The summed E-state index contributed by atoms with van der Waals surface area (Å²) in [6, 6.07) is 6.63. The van der Waals surface area contributed by atoms with Crippen molar-refractivity contribution in [1.29, 1.82) is 0 Å². The number of nitrogens with zero attached hydrogens (tertiary/aromatic N) is 2. The van der Waals surface area contributed by atoms with Gasteiger partial charge in [0, 0.05) is 18.5 Å². The minimum Gasteiger partial charge on any atom is -0.465 e. The Labute approximate surface area is 163 Å². The molecular weight excluding hydrogens is 366 g/mol. The Morgan fingerprint density at radius 1 is 1.26 bits per heavy atom. The molecular formula is C19H25N3O4S. The maximum atomic E-state index is 12.7. The first kappa shape index (κ1) is 21.0. The average molecular weight is 391 g/mol. The highest BCUT2D eigenvalue weighted by Gasteiger charge is 2.40. The number of ether oxygens (including phenoxy) is 1. The second kappa shape index (κ2) is 9.03. The smallest absolute Gasteiger partial charge is 0.339 e. The van der Waals surface area contributed by atoms with Gasteiger partial charge in [-0.15, -0.1) is 0 Å². The molecule has 1 saturated heterocycles. The molecule has 27 heavy (non-hydrogen) atoms. The van der Waals surface area contributed by atoms with Crippen molar-refractivity contribution in [3.05, 3.63) is 29.8 Å². The second-order valence-corrected chi connectivity index (χ2v) is 7.87. The van der Waals surface area contributed by atoms with E-state index < -0.39 is 11.2 Å². The van der Waals surface area contributed by atoms with Crippen LogP contribution in [0.1, 0.15) is 44.5 Å². The van der Waals surface area contributed by atoms with E-state index in [1.807, 2.05) is 27.7 Å². The van der Waals surface area contributed by atoms with E-state index in [1.54, 1.807) is 29.2 Å². The predicted molar refractivity (Wildman–Crippen MR) is 107 cm³/mol. The number of amides is 2. The maximum absolute atomic E-state index is 12.7. The van der Waals surface area contributed by atoms with Crippen LogP contribution in [0.4, 0.5) is 5.69 Å². The van der Waals surface area contributed by atoms with Crippen LogP contribution in [0.15, 0.2) is 29.3 Å². The molecule has 1 aliphatic rings. The molecule has 0 saturated carbocycles. The van der Waals surface area contributed by atoms with Gasteiger partial charge in [0.05, 0.1) is 18.4 Å². The van der Waals surface area contributed by atoms with Crippen LogP contribution in [0.5, 0.6) is 0 Å². The third kappa shape index (κ3) is 5.09. The van der Waals surface area contributed by atoms with Gasteiger partial charge in [0.1, 0.15) is 5.25 Å². The standard InChI is InChI=1S/C19H25N3O4S/c1-11(2)20-19-22(12(3)4)17(24)15(27-19)10-16(23)21-14-9-7-6-8-13(14)18(25)26-5/h6-9,11-12,15H,10H2,1-5H3,(H,21,23). The molecule has 1 aromatic rings. The van der Waals surface area contributed by atoms with Gasteiger partial charge in [-0.25, -0.2) is 4.79 Å². The number of carbonyl (C=O) groups is 3. The van der Waals surface area contributed by atoms with Gasteiger partial charge in [0.25, 0.3) is 0 Å². The van der Waals surface area contributed by atoms with Gasteiger partial charge in [0.15, 0.2) is 5.17 Å². The SMILES string of the molecule is COC(=O)c1ccccc1NC(=O)CC1SC(=NC(C)C)N(C(C)C)C1=O. The van der Waals surface area contributed by atoms with Gasteiger partial charge < -0.3 is 10.1 Å². The molecule has 1 unspecified atom stereocenters. The zero-order chi connectivity index (χ0) is 20.1. The van der Waals surface area contributed by atoms with Crippen LogP contribution < -0.4 is 5.32 Å². The number of thioether (sulfide) groups is 1. The molecule has 1 heterocycles. The number of amidine groups is 1. The predicted octanol–water partition coefficient (Wildman–Crippen LogP) is 2.92. The van der Waals surface area contributed by atoms with Gasteiger partial charge in [0.2, 0.25) is 11.8 Å². The number of hydrogen-bond acceptors (Lipinski definition) is 6. The molecule has 0 bridgehead atoms. The molecule has 1 aromatic carbocycles. The third-order valence-corrected chi connectivity index (χ3v) is 4.99. The number of esters is 1. The lowest BCUT2D eigenvalue weighted by Gasteiger charge is -2.21. The van der Waals surface area contributed by atoms with Crippen molar-refractivity contribution in [2.24, 2.45) is 4.99 Å². The van der Waals surface area contributed by atoms with Gasteiger partial charge in [-0.1, -0.05) is 23.9 Å². The van der Waals surface area contributed by atoms with Crippen LogP contribution in [0, 0.1) is 0 Å². The van der Waals surface area contributed by atoms with Crippen LogP contribution in [0.25, 0.3) is 0 Å². The zero-order valence-electron chi connectivity index (χ0n) is 16.2. The summed E-state index contributed by atoms with van der Waals surface area (Å²) in [6.45, 7) is 7.73. The Morgan fingerprint density at radius 2 is 1.93 bits per heavy atom. The summed E-state index contributed by atoms with van der Waals surface area (Å²) in [7, 11) is 1.28. The first-order chi connectivity index (χ1) is 12.7. The highest BCUT2D eigenvalue weighted by atomic mass is 32.2. The Morgan fingerprint density at radius 3 is 2.52 bits per heavy atom. The molecule has 0 aliphatic carbocycles. The van der Waals surface area contributed by atoms with Gasteiger partial charge in [-0.3, -0.25) is 19.5 Å². The molecule has 0 radical (unpaired) electrons.